The smallest absolute Gasteiger partial charge is 0.0777 e. The van der Waals surface area contributed by atoms with E-state index in [9.17, 15) is 10.2 Å². The van der Waals surface area contributed by atoms with Crippen LogP contribution in [0.1, 0.15) is 85.0 Å². The Bertz CT molecular complexity index is 705. The summed E-state index contributed by atoms with van der Waals surface area (Å²) in [4.78, 5) is 2.66. The van der Waals surface area contributed by atoms with E-state index in [1.54, 1.807) is 5.57 Å². The van der Waals surface area contributed by atoms with Gasteiger partial charge in [-0.2, -0.15) is 0 Å². The van der Waals surface area contributed by atoms with Crippen LogP contribution < -0.4 is 0 Å². The number of aliphatic hydroxyl groups is 2. The number of rotatable bonds is 5. The number of allylic oxidation sites excluding steroid dienone is 3. The highest BCUT2D eigenvalue weighted by molar-refractivity contribution is 5.26. The zero-order valence-electron chi connectivity index (χ0n) is 21.0. The molecule has 0 aromatic carbocycles. The lowest BCUT2D eigenvalue weighted by Gasteiger charge is -2.46. The van der Waals surface area contributed by atoms with Gasteiger partial charge in [-0.25, -0.2) is 0 Å². The molecule has 0 bridgehead atoms. The molecule has 3 saturated carbocycles. The van der Waals surface area contributed by atoms with E-state index in [1.807, 2.05) is 7.11 Å². The van der Waals surface area contributed by atoms with Crippen molar-refractivity contribution in [2.24, 2.45) is 23.2 Å². The van der Waals surface area contributed by atoms with Crippen molar-refractivity contribution in [1.29, 1.82) is 0 Å². The molecule has 3 aliphatic carbocycles. The van der Waals surface area contributed by atoms with E-state index in [0.717, 1.165) is 25.3 Å². The maximum absolute atomic E-state index is 10.0. The summed E-state index contributed by atoms with van der Waals surface area (Å²) >= 11 is 0. The monoisotopic (exact) mass is 445 g/mol. The molecular formula is C28H47NO3. The second-order valence-corrected chi connectivity index (χ2v) is 12.1. The molecule has 182 valence electrons. The van der Waals surface area contributed by atoms with Crippen LogP contribution in [0, 0.1) is 23.2 Å². The van der Waals surface area contributed by atoms with Crippen molar-refractivity contribution < 1.29 is 14.9 Å². The van der Waals surface area contributed by atoms with Crippen LogP contribution in [0.15, 0.2) is 23.3 Å². The number of hydrogen-bond donors (Lipinski definition) is 2. The molecule has 2 N–H and O–H groups in total. The van der Waals surface area contributed by atoms with Gasteiger partial charge >= 0.3 is 0 Å². The molecule has 0 radical (unpaired) electrons. The van der Waals surface area contributed by atoms with Crippen molar-refractivity contribution in [3.05, 3.63) is 23.3 Å². The predicted octanol–water partition coefficient (Wildman–Crippen LogP) is 5.10. The van der Waals surface area contributed by atoms with E-state index >= 15 is 0 Å². The molecule has 4 rings (SSSR count). The average molecular weight is 446 g/mol. The van der Waals surface area contributed by atoms with Crippen molar-refractivity contribution in [2.45, 2.75) is 103 Å². The lowest BCUT2D eigenvalue weighted by Crippen LogP contribution is -2.49. The SMILES string of the molecule is COC1(C)CCCN(C[C@@H](C)[C@H]2CC[C@H]3/C(=C/C=C4C[C@@H](O)C[C@H](O)C4)CCC[C@]23C)C1. The maximum atomic E-state index is 10.0. The summed E-state index contributed by atoms with van der Waals surface area (Å²) in [5.74, 6) is 2.20. The van der Waals surface area contributed by atoms with Gasteiger partial charge in [-0.15, -0.1) is 0 Å². The van der Waals surface area contributed by atoms with Gasteiger partial charge < -0.3 is 19.8 Å². The molecule has 0 aromatic heterocycles. The van der Waals surface area contributed by atoms with Crippen LogP contribution >= 0.6 is 0 Å². The van der Waals surface area contributed by atoms with E-state index in [1.165, 1.54) is 63.6 Å². The largest absolute Gasteiger partial charge is 0.393 e. The fraction of sp³-hybridized carbons (Fsp3) is 0.857. The standard InChI is InChI=1S/C28H47NO3/c1-20(18-29-14-6-12-27(2,19-29)32-4)25-10-11-26-22(7-5-13-28(25,26)3)9-8-21-15-23(30)17-24(31)16-21/h8-9,20,23-26,30-31H,5-7,10-19H2,1-4H3/b22-9+/t20-,23-,24-,25-,26+,27?,28-/m1/s1. The third-order valence-corrected chi connectivity index (χ3v) is 9.57. The van der Waals surface area contributed by atoms with Crippen LogP contribution in [0.2, 0.25) is 0 Å². The third kappa shape index (κ3) is 5.19. The maximum Gasteiger partial charge on any atom is 0.0777 e. The quantitative estimate of drug-likeness (QED) is 0.618. The minimum absolute atomic E-state index is 0.0224. The first-order chi connectivity index (χ1) is 15.2. The highest BCUT2D eigenvalue weighted by Crippen LogP contribution is 2.59. The molecule has 4 fully saturated rings. The van der Waals surface area contributed by atoms with Gasteiger partial charge in [0.15, 0.2) is 0 Å². The summed E-state index contributed by atoms with van der Waals surface area (Å²) in [5, 5.41) is 20.0. The Hall–Kier alpha value is -0.680. The fourth-order valence-electron chi connectivity index (χ4n) is 7.91. The number of likely N-dealkylation sites (tertiary alicyclic amines) is 1. The number of hydrogen-bond acceptors (Lipinski definition) is 4. The van der Waals surface area contributed by atoms with E-state index in [0.29, 0.717) is 23.7 Å². The second kappa shape index (κ2) is 9.90. The molecular weight excluding hydrogens is 398 g/mol. The summed E-state index contributed by atoms with van der Waals surface area (Å²) in [5.41, 5.74) is 3.27. The summed E-state index contributed by atoms with van der Waals surface area (Å²) in [7, 11) is 1.87. The number of fused-ring (bicyclic) bond motifs is 1. The summed E-state index contributed by atoms with van der Waals surface area (Å²) < 4.78 is 5.84. The van der Waals surface area contributed by atoms with E-state index in [-0.39, 0.29) is 17.8 Å². The highest BCUT2D eigenvalue weighted by atomic mass is 16.5. The van der Waals surface area contributed by atoms with Gasteiger partial charge in [-0.05, 0) is 101 Å². The first-order valence-corrected chi connectivity index (χ1v) is 13.2. The van der Waals surface area contributed by atoms with Crippen molar-refractivity contribution in [3.8, 4) is 0 Å². The molecule has 1 saturated heterocycles. The minimum atomic E-state index is -0.383. The number of aliphatic hydroxyl groups excluding tert-OH is 2. The number of nitrogens with zero attached hydrogens (tertiary/aromatic N) is 1. The van der Waals surface area contributed by atoms with E-state index in [2.05, 4.69) is 37.8 Å². The van der Waals surface area contributed by atoms with Crippen LogP contribution in [0.4, 0.5) is 0 Å². The van der Waals surface area contributed by atoms with Crippen LogP contribution in [0.3, 0.4) is 0 Å². The normalized spacial score (nSPS) is 43.3. The topological polar surface area (TPSA) is 52.9 Å². The Labute approximate surface area is 196 Å². The Morgan fingerprint density at radius 1 is 1.09 bits per heavy atom. The van der Waals surface area contributed by atoms with Gasteiger partial charge in [0, 0.05) is 20.2 Å². The van der Waals surface area contributed by atoms with Gasteiger partial charge in [0.1, 0.15) is 0 Å². The zero-order valence-corrected chi connectivity index (χ0v) is 21.0. The van der Waals surface area contributed by atoms with Crippen molar-refractivity contribution >= 4 is 0 Å². The average Bonchev–Trinajstić information content (AvgIpc) is 3.09. The van der Waals surface area contributed by atoms with Crippen LogP contribution in [0.5, 0.6) is 0 Å². The zero-order chi connectivity index (χ0) is 22.9. The summed E-state index contributed by atoms with van der Waals surface area (Å²) in [6.45, 7) is 10.8. The van der Waals surface area contributed by atoms with E-state index in [4.69, 9.17) is 4.74 Å². The number of piperidine rings is 1. The van der Waals surface area contributed by atoms with Crippen LogP contribution in [0.25, 0.3) is 0 Å². The molecule has 7 atom stereocenters. The lowest BCUT2D eigenvalue weighted by molar-refractivity contribution is -0.0571. The Kier molecular flexibility index (Phi) is 7.56. The molecule has 0 amide bonds. The Morgan fingerprint density at radius 3 is 2.56 bits per heavy atom. The highest BCUT2D eigenvalue weighted by Gasteiger charge is 2.51. The Balaban J connectivity index is 1.43. The molecule has 0 aromatic rings. The van der Waals surface area contributed by atoms with Crippen LogP contribution in [-0.2, 0) is 4.74 Å². The number of ether oxygens (including phenoxy) is 1. The fourth-order valence-corrected chi connectivity index (χ4v) is 7.91. The van der Waals surface area contributed by atoms with Crippen molar-refractivity contribution in [1.82, 2.24) is 4.90 Å². The summed E-state index contributed by atoms with van der Waals surface area (Å²) in [6.07, 6.45) is 14.8. The molecule has 32 heavy (non-hydrogen) atoms. The van der Waals surface area contributed by atoms with Gasteiger partial charge in [0.05, 0.1) is 17.8 Å². The van der Waals surface area contributed by atoms with Crippen molar-refractivity contribution in [3.63, 3.8) is 0 Å². The van der Waals surface area contributed by atoms with Gasteiger partial charge in [-0.3, -0.25) is 0 Å². The molecule has 1 aliphatic heterocycles. The van der Waals surface area contributed by atoms with Gasteiger partial charge in [0.25, 0.3) is 0 Å². The molecule has 4 heteroatoms. The van der Waals surface area contributed by atoms with Crippen molar-refractivity contribution in [2.75, 3.05) is 26.7 Å². The van der Waals surface area contributed by atoms with E-state index < -0.39 is 0 Å². The molecule has 1 heterocycles. The van der Waals surface area contributed by atoms with Gasteiger partial charge in [0.2, 0.25) is 0 Å². The first kappa shape index (κ1) is 24.4. The third-order valence-electron chi connectivity index (χ3n) is 9.57. The molecule has 0 spiro atoms. The molecule has 4 aliphatic rings. The molecule has 1 unspecified atom stereocenters. The summed E-state index contributed by atoms with van der Waals surface area (Å²) in [6, 6.07) is 0. The lowest BCUT2D eigenvalue weighted by atomic mass is 9.61. The Morgan fingerprint density at radius 2 is 1.84 bits per heavy atom. The number of methoxy groups -OCH3 is 1. The molecule has 4 nitrogen and oxygen atoms in total. The predicted molar refractivity (Wildman–Crippen MR) is 130 cm³/mol. The second-order valence-electron chi connectivity index (χ2n) is 12.1. The minimum Gasteiger partial charge on any atom is -0.393 e. The van der Waals surface area contributed by atoms with Crippen LogP contribution in [-0.4, -0.2) is 59.7 Å². The van der Waals surface area contributed by atoms with Gasteiger partial charge in [-0.1, -0.05) is 37.1 Å². The first-order valence-electron chi connectivity index (χ1n) is 13.2.